The molecule has 4 amide bonds. The monoisotopic (exact) mass is 2290 g/mol. The molecule has 800 valence electrons. The maximum absolute atomic E-state index is 12.5. The first-order chi connectivity index (χ1) is 66.4. The minimum Gasteiger partial charge on any atom is -1.00 e. The van der Waals surface area contributed by atoms with E-state index in [4.69, 9.17) is 98.5 Å². The summed E-state index contributed by atoms with van der Waals surface area (Å²) < 4.78 is 114. The second-order valence-corrected chi connectivity index (χ2v) is 40.1. The second-order valence-electron chi connectivity index (χ2n) is 35.4. The predicted molar refractivity (Wildman–Crippen MR) is 545 cm³/mol. The second kappa shape index (κ2) is 67.9. The molecule has 3 aromatic rings. The van der Waals surface area contributed by atoms with Crippen LogP contribution in [0.4, 0.5) is 41.0 Å². The SMILES string of the molecule is C.C1CCOC1.C1CCOC1.C=CCBr.C=CCOCc1ccc(Br)nc1N.CCOC(=O)[C@@H]1CC(CO)=CN1C(=O)OC(C)(C)C.CCOC(=O)[C@@H]1CC2(CN=[N+]=[N-])CC2N1C(=O)OC(C)(C)C.CCOC(=O)[C@@H]1CC2(CO)CC2N1C(=O)OC(C)(C)C.CCOC(=O)[C@@H]1CC2(COS(C)(=O)=O)CC2N1C(=O)OC(C)(C)C.Nc1nc(Br)ccc1C(=O)O.Nc1nc(Br)ccc1CO.[2H]CC.[2H]CC.[2H]CF.[H-].[Na+]. The summed E-state index contributed by atoms with van der Waals surface area (Å²) in [6.07, 6.45) is 12.3. The fourth-order valence-corrected chi connectivity index (χ4v) is 15.3. The number of alkyl halides is 2. The number of azide groups is 1. The van der Waals surface area contributed by atoms with Crippen LogP contribution in [-0.4, -0.2) is 287 Å². The number of esters is 4. The molecule has 10 N–H and O–H groups in total. The van der Waals surface area contributed by atoms with Crippen molar-refractivity contribution in [1.82, 2.24) is 34.6 Å². The maximum atomic E-state index is 12.5. The number of amides is 4. The van der Waals surface area contributed by atoms with Gasteiger partial charge in [-0.1, -0.05) is 80.4 Å². The van der Waals surface area contributed by atoms with Crippen molar-refractivity contribution in [1.29, 1.82) is 0 Å². The molecule has 3 saturated carbocycles. The number of allylic oxidation sites excluding steroid dienone is 1. The van der Waals surface area contributed by atoms with E-state index in [0.717, 1.165) is 61.0 Å². The molecule has 3 aromatic heterocycles. The Bertz CT molecular complexity index is 4620. The van der Waals surface area contributed by atoms with Crippen LogP contribution in [0.25, 0.3) is 10.4 Å². The van der Waals surface area contributed by atoms with Crippen LogP contribution in [0, 0.1) is 16.2 Å². The Morgan fingerprint density at radius 1 is 0.589 bits per heavy atom. The number of fused-ring (bicyclic) bond motifs is 3. The largest absolute Gasteiger partial charge is 1.00 e. The van der Waals surface area contributed by atoms with Gasteiger partial charge in [0.1, 0.15) is 83.4 Å². The van der Waals surface area contributed by atoms with E-state index in [9.17, 15) is 61.1 Å². The average Bonchev–Trinajstić information content (AvgIpc) is 1.55. The molecule has 5 saturated heterocycles. The van der Waals surface area contributed by atoms with Crippen LogP contribution in [0.3, 0.4) is 0 Å². The van der Waals surface area contributed by atoms with Crippen molar-refractivity contribution in [2.24, 2.45) is 21.4 Å². The van der Waals surface area contributed by atoms with Crippen LogP contribution < -0.4 is 46.8 Å². The fourth-order valence-electron chi connectivity index (χ4n) is 13.9. The van der Waals surface area contributed by atoms with Gasteiger partial charge in [-0.2, -0.15) is 8.42 Å². The number of hydrogen-bond donors (Lipinski definition) is 7. The van der Waals surface area contributed by atoms with Gasteiger partial charge < -0.3 is 91.2 Å². The molecule has 3 aliphatic carbocycles. The molecule has 12 rings (SSSR count). The Hall–Kier alpha value is -7.67. The van der Waals surface area contributed by atoms with Crippen molar-refractivity contribution in [3.05, 3.63) is 114 Å². The number of carbonyl (C=O) groups is 9. The number of piperidine rings is 3. The summed E-state index contributed by atoms with van der Waals surface area (Å²) in [6.45, 7) is 45.5. The third-order valence-corrected chi connectivity index (χ3v) is 22.4. The summed E-state index contributed by atoms with van der Waals surface area (Å²) in [6, 6.07) is 6.76. The Morgan fingerprint density at radius 3 is 1.25 bits per heavy atom. The van der Waals surface area contributed by atoms with Gasteiger partial charge in [-0.05, 0) is 258 Å². The zero-order chi connectivity index (χ0) is 109. The quantitative estimate of drug-likeness (QED) is 0.00420. The molecule has 40 nitrogen and oxygen atoms in total. The molecule has 0 aromatic carbocycles. The number of hydrogen-bond acceptors (Lipinski definition) is 33. The number of carboxylic acids is 1. The van der Waals surface area contributed by atoms with Gasteiger partial charge in [-0.3, -0.25) is 28.2 Å². The zero-order valence-electron chi connectivity index (χ0n) is 88.5. The van der Waals surface area contributed by atoms with Crippen LogP contribution in [0.2, 0.25) is 0 Å². The summed E-state index contributed by atoms with van der Waals surface area (Å²) in [4.78, 5) is 128. The number of aromatic nitrogens is 3. The molecule has 6 unspecified atom stereocenters. The van der Waals surface area contributed by atoms with Gasteiger partial charge in [0.2, 0.25) is 0 Å². The van der Waals surface area contributed by atoms with Crippen molar-refractivity contribution in [2.45, 2.75) is 294 Å². The number of halogens is 5. The number of carboxylic acid groups (broad SMARTS) is 1. The zero-order valence-corrected chi connectivity index (χ0v) is 93.7. The van der Waals surface area contributed by atoms with Gasteiger partial charge in [-0.25, -0.2) is 58.1 Å². The van der Waals surface area contributed by atoms with Gasteiger partial charge in [0.05, 0.1) is 80.8 Å². The Balaban J connectivity index is -0.000000777. The molecular weight excluding hydrogens is 2140 g/mol. The Morgan fingerprint density at radius 2 is 0.929 bits per heavy atom. The van der Waals surface area contributed by atoms with Gasteiger partial charge in [0.15, 0.2) is 0 Å². The van der Waals surface area contributed by atoms with Gasteiger partial charge in [-0.15, -0.1) is 13.2 Å². The smallest absolute Gasteiger partial charge is 1.00 e. The molecule has 9 aliphatic rings. The summed E-state index contributed by atoms with van der Waals surface area (Å²) >= 11 is 12.6. The number of anilines is 3. The van der Waals surface area contributed by atoms with Crippen molar-refractivity contribution < 1.29 is 168 Å². The van der Waals surface area contributed by atoms with Crippen molar-refractivity contribution in [3.8, 4) is 0 Å². The minimum absolute atomic E-state index is 0. The first-order valence-electron chi connectivity index (χ1n) is 47.0. The number of aliphatic hydroxyl groups excluding tert-OH is 3. The summed E-state index contributed by atoms with van der Waals surface area (Å²) in [5.41, 5.74) is 23.3. The number of likely N-dealkylation sites (tertiary alicyclic amines) is 3. The summed E-state index contributed by atoms with van der Waals surface area (Å²) in [7, 11) is -4.59. The van der Waals surface area contributed by atoms with E-state index < -0.39 is 123 Å². The van der Waals surface area contributed by atoms with E-state index >= 15 is 0 Å². The van der Waals surface area contributed by atoms with E-state index in [-0.39, 0.29) is 145 Å². The number of aliphatic hydroxyl groups is 3. The number of nitrogen functional groups attached to an aromatic ring is 3. The first kappa shape index (κ1) is 131. The van der Waals surface area contributed by atoms with Crippen molar-refractivity contribution in [3.63, 3.8) is 0 Å². The van der Waals surface area contributed by atoms with E-state index in [1.165, 1.54) is 63.6 Å². The van der Waals surface area contributed by atoms with Crippen molar-refractivity contribution in [2.75, 3.05) is 122 Å². The van der Waals surface area contributed by atoms with E-state index in [1.807, 2.05) is 12.1 Å². The third-order valence-electron chi connectivity index (χ3n) is 20.1. The molecular formula is C94H155Br4FN13NaO27S. The van der Waals surface area contributed by atoms with Crippen LogP contribution >= 0.6 is 63.7 Å². The van der Waals surface area contributed by atoms with Crippen LogP contribution in [-0.2, 0) is 98.8 Å². The topological polar surface area (TPSA) is 558 Å². The average molecular weight is 2300 g/mol. The maximum Gasteiger partial charge on any atom is 1.00 e. The van der Waals surface area contributed by atoms with Crippen LogP contribution in [0.15, 0.2) is 92.4 Å². The van der Waals surface area contributed by atoms with Crippen LogP contribution in [0.1, 0.15) is 244 Å². The number of ether oxygens (including phenoxy) is 11. The van der Waals surface area contributed by atoms with E-state index in [0.29, 0.717) is 84.7 Å². The predicted octanol–water partition coefficient (Wildman–Crippen LogP) is 14.4. The Kier molecular flexibility index (Phi) is 63.3. The third kappa shape index (κ3) is 49.9. The molecule has 141 heavy (non-hydrogen) atoms. The molecule has 0 bridgehead atoms. The fraction of sp³-hybridized carbons (Fsp3) is 0.681. The summed E-state index contributed by atoms with van der Waals surface area (Å²) in [5.74, 6) is -2.02. The minimum atomic E-state index is -3.59. The van der Waals surface area contributed by atoms with Crippen molar-refractivity contribution >= 4 is 146 Å². The Labute approximate surface area is 893 Å². The number of pyridine rings is 3. The van der Waals surface area contributed by atoms with Gasteiger partial charge in [0, 0.05) is 104 Å². The molecule has 0 spiro atoms. The number of nitrogens with two attached hydrogens (primary N) is 3. The number of rotatable bonds is 22. The number of nitrogens with zero attached hydrogens (tertiary/aromatic N) is 10. The molecule has 8 fully saturated rings. The molecule has 10 atom stereocenters. The van der Waals surface area contributed by atoms with Crippen LogP contribution in [0.5, 0.6) is 0 Å². The first-order valence-corrected chi connectivity index (χ1v) is 50.2. The number of carbonyl (C=O) groups excluding carboxylic acids is 8. The molecule has 9 heterocycles. The standard InChI is InChI=1S/C15H25NO7S.C14H22N4O4.C14H23NO5.C13H21NO5.C9H11BrN2O.C6H5BrN2O2.C6H7BrN2O.2C4H8O.C3H5Br.2C2H6.CH3F.CH4.Na.H/c1-6-21-12(17)10-7-15(9-22-24(5,19)20)8-11(15)16(10)13(18)23-14(2,3)4;1-5-21-11(19)9-6-14(8-16-17-15)7-10(14)18(9)12(20)22-13(2,3)4;1-5-19-11(17)9-6-14(8-16)7-10(14)15(9)12(18)20-13(2,3)4;1-5-18-11(16)10-6-9(8-15)7-14(10)12(17)19-13(2,3)4;1-2-5-13-6-7-3-4-8(10)12-9(7)11;7-4-2-1-3(6(10)11)5(8)9-4;7-5-2-1-4(3-10)6(8)9-5;2*1-2-4-5-3-1;1-2-3-4;3*1-2;;;/h10-11H,6-9H2,1-5H3;9-10H,5-8H2,1-4H3;9-10,16H,5-8H2,1-4H3;7,10,15H,5-6,8H2,1-4H3;2-4H,1,5-6H2,(H2,11,12);1-2H,(H2,8,9)(H,10,11);1-2,10H,3H2,(H2,8,9);2*1-4H2;2H,1,3H2;2*1-2H3;1H3;1H4;;/q;;;;;;;;;;;;;;+1;-1/t10-,11?,15?;2*9-,10?,14?;10-;;;;;;;;;;;;/m0000............/s1/i;;;;;;;;;;3*1D;;;. The normalized spacial score (nSPS) is 21.3. The van der Waals surface area contributed by atoms with E-state index in [2.05, 4.69) is 102 Å². The van der Waals surface area contributed by atoms with E-state index in [1.54, 1.807) is 149 Å². The molecule has 0 radical (unpaired) electrons. The molecule has 47 heteroatoms. The summed E-state index contributed by atoms with van der Waals surface area (Å²) in [5, 5.41) is 40.3. The van der Waals surface area contributed by atoms with Gasteiger partial charge in [0.25, 0.3) is 10.1 Å². The number of aromatic carboxylic acids is 1. The van der Waals surface area contributed by atoms with Gasteiger partial charge >= 0.3 is 83.8 Å². The molecule has 6 aliphatic heterocycles.